The zero-order valence-corrected chi connectivity index (χ0v) is 11.2. The van der Waals surface area contributed by atoms with Gasteiger partial charge in [0.2, 0.25) is 0 Å². The standard InChI is InChI=1S/C14H7BrFN3/c15-10-5-2-4-9(12(10)16)14-18-11-6-1-3-8(7-17)13(11)19-14/h1-6H,(H,18,19). The van der Waals surface area contributed by atoms with Gasteiger partial charge in [0.25, 0.3) is 0 Å². The molecule has 2 aromatic carbocycles. The van der Waals surface area contributed by atoms with E-state index in [9.17, 15) is 4.39 Å². The first-order chi connectivity index (χ1) is 9.20. The van der Waals surface area contributed by atoms with Crippen LogP contribution in [0.15, 0.2) is 40.9 Å². The Morgan fingerprint density at radius 1 is 1.21 bits per heavy atom. The van der Waals surface area contributed by atoms with E-state index in [1.54, 1.807) is 30.3 Å². The van der Waals surface area contributed by atoms with Crippen molar-refractivity contribution in [2.45, 2.75) is 0 Å². The van der Waals surface area contributed by atoms with Crippen LogP contribution in [0.2, 0.25) is 0 Å². The molecule has 1 N–H and O–H groups in total. The Morgan fingerprint density at radius 3 is 2.79 bits per heavy atom. The Labute approximate surface area is 116 Å². The molecule has 0 radical (unpaired) electrons. The second kappa shape index (κ2) is 4.48. The van der Waals surface area contributed by atoms with Crippen LogP contribution in [0, 0.1) is 17.1 Å². The number of imidazole rings is 1. The van der Waals surface area contributed by atoms with E-state index in [-0.39, 0.29) is 5.82 Å². The molecule has 0 bridgehead atoms. The number of rotatable bonds is 1. The maximum atomic E-state index is 14.0. The molecule has 19 heavy (non-hydrogen) atoms. The third-order valence-corrected chi connectivity index (χ3v) is 3.45. The monoisotopic (exact) mass is 315 g/mol. The zero-order chi connectivity index (χ0) is 13.4. The third-order valence-electron chi connectivity index (χ3n) is 2.84. The largest absolute Gasteiger partial charge is 0.338 e. The Balaban J connectivity index is 2.27. The maximum Gasteiger partial charge on any atom is 0.148 e. The van der Waals surface area contributed by atoms with Crippen LogP contribution >= 0.6 is 15.9 Å². The van der Waals surface area contributed by atoms with E-state index >= 15 is 0 Å². The van der Waals surface area contributed by atoms with Gasteiger partial charge in [0.15, 0.2) is 0 Å². The smallest absolute Gasteiger partial charge is 0.148 e. The van der Waals surface area contributed by atoms with Crippen molar-refractivity contribution in [3.05, 3.63) is 52.3 Å². The van der Waals surface area contributed by atoms with Gasteiger partial charge in [-0.2, -0.15) is 5.26 Å². The van der Waals surface area contributed by atoms with Crippen molar-refractivity contribution in [1.29, 1.82) is 5.26 Å². The number of benzene rings is 2. The van der Waals surface area contributed by atoms with Gasteiger partial charge in [-0.1, -0.05) is 12.1 Å². The van der Waals surface area contributed by atoms with Crippen LogP contribution < -0.4 is 0 Å². The molecule has 0 spiro atoms. The molecule has 3 nitrogen and oxygen atoms in total. The van der Waals surface area contributed by atoms with E-state index in [4.69, 9.17) is 5.26 Å². The molecule has 1 heterocycles. The fourth-order valence-corrected chi connectivity index (χ4v) is 2.30. The number of hydrogen-bond donors (Lipinski definition) is 1. The van der Waals surface area contributed by atoms with Gasteiger partial charge in [-0.15, -0.1) is 0 Å². The molecule has 92 valence electrons. The average Bonchev–Trinajstić information content (AvgIpc) is 2.85. The lowest BCUT2D eigenvalue weighted by molar-refractivity contribution is 0.623. The normalized spacial score (nSPS) is 10.6. The van der Waals surface area contributed by atoms with E-state index in [1.807, 2.05) is 6.07 Å². The Hall–Kier alpha value is -2.19. The molecule has 0 saturated heterocycles. The lowest BCUT2D eigenvalue weighted by Gasteiger charge is -2.00. The summed E-state index contributed by atoms with van der Waals surface area (Å²) in [5.41, 5.74) is 2.11. The number of aromatic amines is 1. The van der Waals surface area contributed by atoms with Crippen molar-refractivity contribution in [1.82, 2.24) is 9.97 Å². The van der Waals surface area contributed by atoms with Gasteiger partial charge in [-0.05, 0) is 40.2 Å². The molecule has 0 aliphatic rings. The van der Waals surface area contributed by atoms with Gasteiger partial charge < -0.3 is 4.98 Å². The van der Waals surface area contributed by atoms with Crippen molar-refractivity contribution in [3.8, 4) is 17.5 Å². The fraction of sp³-hybridized carbons (Fsp3) is 0. The second-order valence-electron chi connectivity index (χ2n) is 4.00. The number of halogens is 2. The quantitative estimate of drug-likeness (QED) is 0.737. The molecule has 3 aromatic rings. The van der Waals surface area contributed by atoms with E-state index in [1.165, 1.54) is 0 Å². The molecular formula is C14H7BrFN3. The highest BCUT2D eigenvalue weighted by molar-refractivity contribution is 9.10. The molecule has 0 aliphatic heterocycles. The first kappa shape index (κ1) is 11.9. The van der Waals surface area contributed by atoms with Gasteiger partial charge in [0.1, 0.15) is 23.2 Å². The number of nitrogens with one attached hydrogen (secondary N) is 1. The summed E-state index contributed by atoms with van der Waals surface area (Å²) in [6.45, 7) is 0. The molecule has 1 aromatic heterocycles. The zero-order valence-electron chi connectivity index (χ0n) is 9.61. The van der Waals surface area contributed by atoms with Crippen molar-refractivity contribution in [3.63, 3.8) is 0 Å². The molecule has 0 fully saturated rings. The van der Waals surface area contributed by atoms with Gasteiger partial charge in [-0.3, -0.25) is 0 Å². The van der Waals surface area contributed by atoms with E-state index in [0.29, 0.717) is 32.5 Å². The first-order valence-electron chi connectivity index (χ1n) is 5.54. The lowest BCUT2D eigenvalue weighted by Crippen LogP contribution is -1.87. The van der Waals surface area contributed by atoms with Crippen LogP contribution in [0.5, 0.6) is 0 Å². The van der Waals surface area contributed by atoms with Gasteiger partial charge in [-0.25, -0.2) is 9.37 Å². The predicted molar refractivity (Wildman–Crippen MR) is 73.9 cm³/mol. The highest BCUT2D eigenvalue weighted by Gasteiger charge is 2.13. The van der Waals surface area contributed by atoms with Crippen LogP contribution in [0.4, 0.5) is 4.39 Å². The first-order valence-corrected chi connectivity index (χ1v) is 6.33. The second-order valence-corrected chi connectivity index (χ2v) is 4.85. The summed E-state index contributed by atoms with van der Waals surface area (Å²) in [4.78, 5) is 7.35. The van der Waals surface area contributed by atoms with Crippen molar-refractivity contribution >= 4 is 27.0 Å². The van der Waals surface area contributed by atoms with Gasteiger partial charge in [0.05, 0.1) is 21.1 Å². The summed E-state index contributed by atoms with van der Waals surface area (Å²) >= 11 is 3.15. The number of nitrogens with zero attached hydrogens (tertiary/aromatic N) is 2. The van der Waals surface area contributed by atoms with E-state index in [2.05, 4.69) is 32.0 Å². The average molecular weight is 316 g/mol. The maximum absolute atomic E-state index is 14.0. The number of H-pyrrole nitrogens is 1. The topological polar surface area (TPSA) is 52.5 Å². The number of aromatic nitrogens is 2. The van der Waals surface area contributed by atoms with Crippen molar-refractivity contribution in [2.24, 2.45) is 0 Å². The molecule has 0 aliphatic carbocycles. The Bertz CT molecular complexity index is 817. The highest BCUT2D eigenvalue weighted by Crippen LogP contribution is 2.28. The molecule has 5 heteroatoms. The third kappa shape index (κ3) is 1.90. The summed E-state index contributed by atoms with van der Waals surface area (Å²) < 4.78 is 14.4. The highest BCUT2D eigenvalue weighted by atomic mass is 79.9. The SMILES string of the molecule is N#Cc1cccc2[nH]c(-c3cccc(Br)c3F)nc12. The van der Waals surface area contributed by atoms with E-state index in [0.717, 1.165) is 0 Å². The minimum atomic E-state index is -0.375. The number of hydrogen-bond acceptors (Lipinski definition) is 2. The molecule has 0 amide bonds. The van der Waals surface area contributed by atoms with Crippen LogP contribution in [0.1, 0.15) is 5.56 Å². The summed E-state index contributed by atoms with van der Waals surface area (Å²) in [5, 5.41) is 9.03. The fourth-order valence-electron chi connectivity index (χ4n) is 1.94. The summed E-state index contributed by atoms with van der Waals surface area (Å²) in [5.74, 6) is 0.0385. The molecule has 3 rings (SSSR count). The lowest BCUT2D eigenvalue weighted by atomic mass is 10.2. The Morgan fingerprint density at radius 2 is 2.00 bits per heavy atom. The minimum absolute atomic E-state index is 0.370. The van der Waals surface area contributed by atoms with Crippen LogP contribution in [-0.4, -0.2) is 9.97 Å². The van der Waals surface area contributed by atoms with Crippen molar-refractivity contribution < 1.29 is 4.39 Å². The molecule has 0 saturated carbocycles. The predicted octanol–water partition coefficient (Wildman–Crippen LogP) is 4.00. The van der Waals surface area contributed by atoms with Crippen LogP contribution in [0.3, 0.4) is 0 Å². The van der Waals surface area contributed by atoms with Crippen LogP contribution in [0.25, 0.3) is 22.4 Å². The molecule has 0 atom stereocenters. The summed E-state index contributed by atoms with van der Waals surface area (Å²) in [7, 11) is 0. The van der Waals surface area contributed by atoms with Gasteiger partial charge in [0, 0.05) is 0 Å². The minimum Gasteiger partial charge on any atom is -0.338 e. The Kier molecular flexibility index (Phi) is 2.80. The summed E-state index contributed by atoms with van der Waals surface area (Å²) in [6, 6.07) is 12.3. The van der Waals surface area contributed by atoms with Crippen molar-refractivity contribution in [2.75, 3.05) is 0 Å². The molecule has 0 unspecified atom stereocenters. The summed E-state index contributed by atoms with van der Waals surface area (Å²) in [6.07, 6.45) is 0. The van der Waals surface area contributed by atoms with E-state index < -0.39 is 0 Å². The van der Waals surface area contributed by atoms with Gasteiger partial charge >= 0.3 is 0 Å². The number of para-hydroxylation sites is 1. The molecular weight excluding hydrogens is 309 g/mol. The number of nitriles is 1. The van der Waals surface area contributed by atoms with Crippen LogP contribution in [-0.2, 0) is 0 Å². The number of fused-ring (bicyclic) bond motifs is 1.